The van der Waals surface area contributed by atoms with E-state index in [4.69, 9.17) is 0 Å². The zero-order valence-electron chi connectivity index (χ0n) is 12.4. The van der Waals surface area contributed by atoms with E-state index in [-0.39, 0.29) is 30.7 Å². The van der Waals surface area contributed by atoms with E-state index in [1.54, 1.807) is 24.2 Å². The Kier molecular flexibility index (Phi) is 9.24. The van der Waals surface area contributed by atoms with E-state index in [1.807, 2.05) is 7.05 Å². The smallest absolute Gasteiger partial charge is 0.272 e. The number of likely N-dealkylation sites (N-methyl/N-ethyl adjacent to an activating group) is 2. The van der Waals surface area contributed by atoms with E-state index in [1.165, 1.54) is 12.8 Å². The molecule has 0 bridgehead atoms. The highest BCUT2D eigenvalue weighted by Crippen LogP contribution is 2.15. The summed E-state index contributed by atoms with van der Waals surface area (Å²) in [5.74, 6) is 0.614. The van der Waals surface area contributed by atoms with Crippen LogP contribution in [0.3, 0.4) is 0 Å². The second-order valence-electron chi connectivity index (χ2n) is 4.77. The highest BCUT2D eigenvalue weighted by Gasteiger charge is 2.18. The van der Waals surface area contributed by atoms with Crippen LogP contribution in [0.2, 0.25) is 0 Å². The first kappa shape index (κ1) is 19.9. The van der Waals surface area contributed by atoms with Crippen molar-refractivity contribution < 1.29 is 4.79 Å². The number of halogens is 2. The third-order valence-electron chi connectivity index (χ3n) is 3.29. The Morgan fingerprint density at radius 2 is 2.05 bits per heavy atom. The minimum Gasteiger partial charge on any atom is -0.341 e. The summed E-state index contributed by atoms with van der Waals surface area (Å²) < 4.78 is 0. The van der Waals surface area contributed by atoms with E-state index in [0.717, 1.165) is 19.6 Å². The summed E-state index contributed by atoms with van der Waals surface area (Å²) in [6.45, 7) is 3.39. The van der Waals surface area contributed by atoms with Crippen molar-refractivity contribution in [2.24, 2.45) is 0 Å². The number of carbonyl (C=O) groups excluding carboxylic acids is 1. The summed E-state index contributed by atoms with van der Waals surface area (Å²) in [6, 6.07) is 1.68. The van der Waals surface area contributed by atoms with Gasteiger partial charge in [0.1, 0.15) is 5.69 Å². The molecule has 0 aliphatic carbocycles. The van der Waals surface area contributed by atoms with Gasteiger partial charge in [0.15, 0.2) is 0 Å². The molecule has 120 valence electrons. The zero-order chi connectivity index (χ0) is 13.7. The quantitative estimate of drug-likeness (QED) is 0.876. The van der Waals surface area contributed by atoms with Crippen molar-refractivity contribution >= 4 is 36.7 Å². The van der Waals surface area contributed by atoms with E-state index in [0.29, 0.717) is 18.2 Å². The topological polar surface area (TPSA) is 61.4 Å². The van der Waals surface area contributed by atoms with Crippen LogP contribution in [0.1, 0.15) is 23.3 Å². The Labute approximate surface area is 138 Å². The van der Waals surface area contributed by atoms with Crippen LogP contribution in [0.25, 0.3) is 0 Å². The summed E-state index contributed by atoms with van der Waals surface area (Å²) in [5.41, 5.74) is 0.468. The summed E-state index contributed by atoms with van der Waals surface area (Å²) in [7, 11) is 3.66. The number of nitrogens with one attached hydrogen (secondary N) is 1. The molecule has 1 saturated heterocycles. The van der Waals surface area contributed by atoms with Gasteiger partial charge in [-0.25, -0.2) is 9.97 Å². The fourth-order valence-corrected chi connectivity index (χ4v) is 2.11. The lowest BCUT2D eigenvalue weighted by molar-refractivity contribution is 0.0791. The number of hydrogen-bond acceptors (Lipinski definition) is 5. The van der Waals surface area contributed by atoms with E-state index in [9.17, 15) is 4.79 Å². The van der Waals surface area contributed by atoms with Crippen LogP contribution in [0.15, 0.2) is 12.3 Å². The monoisotopic (exact) mass is 335 g/mol. The van der Waals surface area contributed by atoms with Crippen molar-refractivity contribution in [2.45, 2.75) is 12.8 Å². The molecule has 1 amide bonds. The fourth-order valence-electron chi connectivity index (χ4n) is 2.11. The Hall–Kier alpha value is -1.11. The number of carbonyl (C=O) groups is 1. The van der Waals surface area contributed by atoms with Crippen molar-refractivity contribution in [3.8, 4) is 0 Å². The lowest BCUT2D eigenvalue weighted by atomic mass is 10.3. The SMILES string of the molecule is CNCCN(C)C(=O)c1ccnc(N2CCCC2)n1.Cl.Cl. The Balaban J connectivity index is 0.00000200. The third kappa shape index (κ3) is 5.30. The number of anilines is 1. The molecule has 0 atom stereocenters. The first-order valence-electron chi connectivity index (χ1n) is 6.70. The predicted octanol–water partition coefficient (Wildman–Crippen LogP) is 1.21. The van der Waals surface area contributed by atoms with Crippen molar-refractivity contribution in [3.05, 3.63) is 18.0 Å². The van der Waals surface area contributed by atoms with Crippen LogP contribution < -0.4 is 10.2 Å². The molecular formula is C13H23Cl2N5O. The van der Waals surface area contributed by atoms with Crippen molar-refractivity contribution in [3.63, 3.8) is 0 Å². The minimum absolute atomic E-state index is 0. The van der Waals surface area contributed by atoms with Crippen LogP contribution >= 0.6 is 24.8 Å². The van der Waals surface area contributed by atoms with E-state index in [2.05, 4.69) is 20.2 Å². The van der Waals surface area contributed by atoms with Crippen LogP contribution in [-0.2, 0) is 0 Å². The molecule has 2 heterocycles. The van der Waals surface area contributed by atoms with Gasteiger partial charge in [0.2, 0.25) is 5.95 Å². The summed E-state index contributed by atoms with van der Waals surface area (Å²) >= 11 is 0. The van der Waals surface area contributed by atoms with Gasteiger partial charge in [0, 0.05) is 39.4 Å². The van der Waals surface area contributed by atoms with Gasteiger partial charge in [-0.15, -0.1) is 24.8 Å². The molecule has 1 aliphatic rings. The van der Waals surface area contributed by atoms with Crippen LogP contribution in [0.4, 0.5) is 5.95 Å². The maximum Gasteiger partial charge on any atom is 0.272 e. The molecule has 0 unspecified atom stereocenters. The van der Waals surface area contributed by atoms with Gasteiger partial charge in [-0.2, -0.15) is 0 Å². The summed E-state index contributed by atoms with van der Waals surface area (Å²) in [6.07, 6.45) is 4.01. The molecule has 1 aromatic heterocycles. The van der Waals surface area contributed by atoms with Gasteiger partial charge in [-0.05, 0) is 26.0 Å². The average molecular weight is 336 g/mol. The second-order valence-corrected chi connectivity index (χ2v) is 4.77. The molecular weight excluding hydrogens is 313 g/mol. The Morgan fingerprint density at radius 1 is 1.38 bits per heavy atom. The van der Waals surface area contributed by atoms with E-state index < -0.39 is 0 Å². The number of aromatic nitrogens is 2. The van der Waals surface area contributed by atoms with Gasteiger partial charge in [-0.3, -0.25) is 4.79 Å². The molecule has 0 aromatic carbocycles. The minimum atomic E-state index is -0.0573. The molecule has 0 saturated carbocycles. The molecule has 1 aromatic rings. The van der Waals surface area contributed by atoms with Gasteiger partial charge < -0.3 is 15.1 Å². The number of rotatable bonds is 5. The maximum atomic E-state index is 12.2. The van der Waals surface area contributed by atoms with Gasteiger partial charge in [0.05, 0.1) is 0 Å². The lowest BCUT2D eigenvalue weighted by Gasteiger charge is -2.18. The number of nitrogens with zero attached hydrogens (tertiary/aromatic N) is 4. The third-order valence-corrected chi connectivity index (χ3v) is 3.29. The van der Waals surface area contributed by atoms with Crippen LogP contribution in [0, 0.1) is 0 Å². The van der Waals surface area contributed by atoms with E-state index >= 15 is 0 Å². The maximum absolute atomic E-state index is 12.2. The van der Waals surface area contributed by atoms with Crippen LogP contribution in [-0.4, -0.2) is 61.0 Å². The molecule has 1 fully saturated rings. The van der Waals surface area contributed by atoms with Crippen molar-refractivity contribution in [1.82, 2.24) is 20.2 Å². The number of amides is 1. The molecule has 6 nitrogen and oxygen atoms in total. The molecule has 1 aliphatic heterocycles. The highest BCUT2D eigenvalue weighted by atomic mass is 35.5. The Morgan fingerprint density at radius 3 is 2.67 bits per heavy atom. The average Bonchev–Trinajstić information content (AvgIpc) is 2.98. The number of hydrogen-bond donors (Lipinski definition) is 1. The first-order chi connectivity index (χ1) is 9.22. The predicted molar refractivity (Wildman–Crippen MR) is 88.9 cm³/mol. The lowest BCUT2D eigenvalue weighted by Crippen LogP contribution is -2.33. The van der Waals surface area contributed by atoms with Gasteiger partial charge in [0.25, 0.3) is 5.91 Å². The van der Waals surface area contributed by atoms with Gasteiger partial charge >= 0.3 is 0 Å². The first-order valence-corrected chi connectivity index (χ1v) is 6.70. The van der Waals surface area contributed by atoms with Crippen LogP contribution in [0.5, 0.6) is 0 Å². The molecule has 21 heavy (non-hydrogen) atoms. The summed E-state index contributed by atoms with van der Waals surface area (Å²) in [4.78, 5) is 24.7. The molecule has 1 N–H and O–H groups in total. The second kappa shape index (κ2) is 9.76. The molecule has 0 spiro atoms. The van der Waals surface area contributed by atoms with Crippen molar-refractivity contribution in [2.75, 3.05) is 45.2 Å². The van der Waals surface area contributed by atoms with Crippen molar-refractivity contribution in [1.29, 1.82) is 0 Å². The Bertz CT molecular complexity index is 440. The standard InChI is InChI=1S/C13H21N5O.2ClH/c1-14-7-10-17(2)12(19)11-5-6-15-13(16-11)18-8-3-4-9-18;;/h5-6,14H,3-4,7-10H2,1-2H3;2*1H. The van der Waals surface area contributed by atoms with Gasteiger partial charge in [-0.1, -0.05) is 0 Å². The zero-order valence-corrected chi connectivity index (χ0v) is 14.0. The normalized spacial score (nSPS) is 13.3. The summed E-state index contributed by atoms with van der Waals surface area (Å²) in [5, 5.41) is 3.03. The molecule has 8 heteroatoms. The largest absolute Gasteiger partial charge is 0.341 e. The fraction of sp³-hybridized carbons (Fsp3) is 0.615. The molecule has 0 radical (unpaired) electrons. The molecule has 2 rings (SSSR count). The highest BCUT2D eigenvalue weighted by molar-refractivity contribution is 5.92.